The summed E-state index contributed by atoms with van der Waals surface area (Å²) in [6, 6.07) is 11.1. The van der Waals surface area contributed by atoms with Gasteiger partial charge in [-0.15, -0.1) is 0 Å². The molecule has 0 saturated heterocycles. The van der Waals surface area contributed by atoms with Crippen LogP contribution in [0.1, 0.15) is 40.2 Å². The van der Waals surface area contributed by atoms with E-state index >= 15 is 0 Å². The van der Waals surface area contributed by atoms with Crippen LogP contribution in [0.15, 0.2) is 24.3 Å². The van der Waals surface area contributed by atoms with E-state index in [2.05, 4.69) is 27.7 Å². The van der Waals surface area contributed by atoms with Gasteiger partial charge in [0.25, 0.3) is 0 Å². The van der Waals surface area contributed by atoms with Crippen molar-refractivity contribution in [3.8, 4) is 5.75 Å². The molecule has 1 aromatic rings. The monoisotopic (exact) mass is 380 g/mol. The van der Waals surface area contributed by atoms with E-state index in [1.807, 2.05) is 31.2 Å². The van der Waals surface area contributed by atoms with E-state index in [0.29, 0.717) is 13.2 Å². The second kappa shape index (κ2) is 11.5. The highest BCUT2D eigenvalue weighted by Gasteiger charge is 2.36. The second-order valence-corrected chi connectivity index (χ2v) is 11.9. The minimum absolute atomic E-state index is 0.0742. The number of rotatable bonds is 13. The van der Waals surface area contributed by atoms with Crippen LogP contribution in [0, 0.1) is 11.8 Å². The number of hydrogen-bond acceptors (Lipinski definition) is 4. The fourth-order valence-corrected chi connectivity index (χ4v) is 6.31. The van der Waals surface area contributed by atoms with Crippen LogP contribution < -0.4 is 4.74 Å². The van der Waals surface area contributed by atoms with Crippen LogP contribution in [0.5, 0.6) is 5.75 Å². The van der Waals surface area contributed by atoms with E-state index in [4.69, 9.17) is 13.9 Å². The van der Waals surface area contributed by atoms with Gasteiger partial charge in [-0.3, -0.25) is 0 Å². The van der Waals surface area contributed by atoms with Crippen molar-refractivity contribution in [2.24, 2.45) is 11.8 Å². The number of ether oxygens (including phenoxy) is 2. The lowest BCUT2D eigenvalue weighted by atomic mass is 9.95. The summed E-state index contributed by atoms with van der Waals surface area (Å²) in [5, 5.41) is 0. The molecule has 0 spiro atoms. The molecule has 148 valence electrons. The molecule has 0 bridgehead atoms. The maximum atomic E-state index is 11.4. The first-order valence-electron chi connectivity index (χ1n) is 9.79. The van der Waals surface area contributed by atoms with Gasteiger partial charge in [0.1, 0.15) is 12.0 Å². The van der Waals surface area contributed by atoms with Crippen molar-refractivity contribution >= 4 is 14.6 Å². The number of benzene rings is 1. The predicted molar refractivity (Wildman–Crippen MR) is 109 cm³/mol. The Kier molecular flexibility index (Phi) is 10.1. The second-order valence-electron chi connectivity index (χ2n) is 7.16. The van der Waals surface area contributed by atoms with Crippen molar-refractivity contribution in [3.05, 3.63) is 29.8 Å². The lowest BCUT2D eigenvalue weighted by Gasteiger charge is -2.37. The number of aldehydes is 1. The predicted octanol–water partition coefficient (Wildman–Crippen LogP) is 5.07. The van der Waals surface area contributed by atoms with E-state index in [1.165, 1.54) is 0 Å². The van der Waals surface area contributed by atoms with Gasteiger partial charge in [-0.25, -0.2) is 0 Å². The zero-order valence-electron chi connectivity index (χ0n) is 17.3. The van der Waals surface area contributed by atoms with Gasteiger partial charge in [-0.1, -0.05) is 46.8 Å². The van der Waals surface area contributed by atoms with Gasteiger partial charge in [-0.2, -0.15) is 0 Å². The van der Waals surface area contributed by atoms with E-state index in [9.17, 15) is 4.79 Å². The van der Waals surface area contributed by atoms with Crippen LogP contribution in [0.4, 0.5) is 0 Å². The Morgan fingerprint density at radius 1 is 1.04 bits per heavy atom. The van der Waals surface area contributed by atoms with Gasteiger partial charge in [0, 0.05) is 11.8 Å². The Morgan fingerprint density at radius 2 is 1.62 bits per heavy atom. The molecule has 0 amide bonds. The van der Waals surface area contributed by atoms with Crippen LogP contribution in [0.3, 0.4) is 0 Å². The lowest BCUT2D eigenvalue weighted by molar-refractivity contribution is -0.114. The Bertz CT molecular complexity index is 505. The molecular formula is C21H36O4Si. The Morgan fingerprint density at radius 3 is 2.08 bits per heavy atom. The fraction of sp³-hybridized carbons (Fsp3) is 0.667. The molecule has 5 heteroatoms. The van der Waals surface area contributed by atoms with Crippen molar-refractivity contribution in [3.63, 3.8) is 0 Å². The number of methoxy groups -OCH3 is 1. The van der Waals surface area contributed by atoms with Crippen molar-refractivity contribution in [2.45, 2.75) is 65.5 Å². The molecule has 0 fully saturated rings. The first-order valence-corrected chi connectivity index (χ1v) is 12.3. The normalized spacial score (nSPS) is 15.3. The first kappa shape index (κ1) is 22.9. The van der Waals surface area contributed by atoms with Gasteiger partial charge in [0.05, 0.1) is 26.4 Å². The molecule has 0 N–H and O–H groups in total. The molecular weight excluding hydrogens is 344 g/mol. The summed E-state index contributed by atoms with van der Waals surface area (Å²) >= 11 is 0. The van der Waals surface area contributed by atoms with Crippen LogP contribution in [-0.2, 0) is 20.6 Å². The summed E-state index contributed by atoms with van der Waals surface area (Å²) in [5.41, 5.74) is 1.11. The smallest absolute Gasteiger partial charge is 0.192 e. The molecule has 4 nitrogen and oxygen atoms in total. The highest BCUT2D eigenvalue weighted by atomic mass is 28.4. The third-order valence-corrected chi connectivity index (χ3v) is 10.1. The number of hydrogen-bond donors (Lipinski definition) is 0. The average molecular weight is 381 g/mol. The minimum Gasteiger partial charge on any atom is -0.497 e. The van der Waals surface area contributed by atoms with Crippen LogP contribution >= 0.6 is 0 Å². The summed E-state index contributed by atoms with van der Waals surface area (Å²) in [6.07, 6.45) is 0.944. The van der Waals surface area contributed by atoms with Gasteiger partial charge < -0.3 is 18.7 Å². The van der Waals surface area contributed by atoms with E-state index in [0.717, 1.165) is 35.7 Å². The molecule has 26 heavy (non-hydrogen) atoms. The van der Waals surface area contributed by atoms with Crippen molar-refractivity contribution in [2.75, 3.05) is 13.7 Å². The molecule has 0 heterocycles. The molecule has 0 aliphatic rings. The average Bonchev–Trinajstić information content (AvgIpc) is 2.69. The van der Waals surface area contributed by atoms with Crippen molar-refractivity contribution in [1.29, 1.82) is 0 Å². The molecule has 1 rings (SSSR count). The van der Waals surface area contributed by atoms with Crippen LogP contribution in [0.25, 0.3) is 0 Å². The zero-order chi connectivity index (χ0) is 19.6. The first-order chi connectivity index (χ1) is 12.4. The lowest BCUT2D eigenvalue weighted by Crippen LogP contribution is -2.45. The summed E-state index contributed by atoms with van der Waals surface area (Å²) in [5.74, 6) is 0.895. The molecule has 3 atom stereocenters. The standard InChI is InChI=1S/C21H36O4Si/c1-7-26(8-2,9-3)25-21(17(4)14-22)18(5)15-24-16-19-10-12-20(23-6)13-11-19/h10-14,17-18,21H,7-9,15-16H2,1-6H3/t17-,18+,21+/m1/s1. The van der Waals surface area contributed by atoms with Gasteiger partial charge in [0.2, 0.25) is 0 Å². The van der Waals surface area contributed by atoms with Crippen LogP contribution in [0.2, 0.25) is 18.1 Å². The van der Waals surface area contributed by atoms with E-state index in [1.54, 1.807) is 7.11 Å². The SMILES string of the molecule is CC[Si](CC)(CC)O[C@@H]([C@H](C)C=O)[C@@H](C)COCc1ccc(OC)cc1. The molecule has 0 aliphatic carbocycles. The number of carbonyl (C=O) groups excluding carboxylic acids is 1. The fourth-order valence-electron chi connectivity index (χ4n) is 3.29. The Labute approximate surface area is 160 Å². The highest BCUT2D eigenvalue weighted by molar-refractivity contribution is 6.73. The topological polar surface area (TPSA) is 44.8 Å². The highest BCUT2D eigenvalue weighted by Crippen LogP contribution is 2.29. The molecule has 0 radical (unpaired) electrons. The minimum atomic E-state index is -1.76. The number of carbonyl (C=O) groups is 1. The van der Waals surface area contributed by atoms with E-state index in [-0.39, 0.29) is 17.9 Å². The van der Waals surface area contributed by atoms with Gasteiger partial charge >= 0.3 is 0 Å². The summed E-state index contributed by atoms with van der Waals surface area (Å²) < 4.78 is 17.7. The van der Waals surface area contributed by atoms with Crippen molar-refractivity contribution in [1.82, 2.24) is 0 Å². The third kappa shape index (κ3) is 6.52. The maximum absolute atomic E-state index is 11.4. The molecule has 0 aromatic heterocycles. The summed E-state index contributed by atoms with van der Waals surface area (Å²) in [6.45, 7) is 11.9. The van der Waals surface area contributed by atoms with Crippen LogP contribution in [-0.4, -0.2) is 34.4 Å². The van der Waals surface area contributed by atoms with Gasteiger partial charge in [0.15, 0.2) is 8.32 Å². The zero-order valence-corrected chi connectivity index (χ0v) is 18.3. The van der Waals surface area contributed by atoms with E-state index < -0.39 is 8.32 Å². The summed E-state index contributed by atoms with van der Waals surface area (Å²) in [7, 11) is -0.104. The quantitative estimate of drug-likeness (QED) is 0.354. The molecule has 1 aromatic carbocycles. The maximum Gasteiger partial charge on any atom is 0.192 e. The summed E-state index contributed by atoms with van der Waals surface area (Å²) in [4.78, 5) is 11.4. The molecule has 0 unspecified atom stereocenters. The molecule has 0 aliphatic heterocycles. The molecule has 0 saturated carbocycles. The Balaban J connectivity index is 2.67. The van der Waals surface area contributed by atoms with Gasteiger partial charge in [-0.05, 0) is 35.8 Å². The van der Waals surface area contributed by atoms with Crippen molar-refractivity contribution < 1.29 is 18.7 Å². The largest absolute Gasteiger partial charge is 0.497 e. The Hall–Kier alpha value is -1.17. The third-order valence-electron chi connectivity index (χ3n) is 5.42.